The number of anilines is 1. The number of morpholine rings is 1. The summed E-state index contributed by atoms with van der Waals surface area (Å²) in [4.78, 5) is 11.1. The second-order valence-corrected chi connectivity index (χ2v) is 6.54. The maximum Gasteiger partial charge on any atom is 0.231 e. The molecule has 8 nitrogen and oxygen atoms in total. The van der Waals surface area contributed by atoms with Crippen LogP contribution in [0.25, 0.3) is 11.0 Å². The Morgan fingerprint density at radius 2 is 1.88 bits per heavy atom. The maximum absolute atomic E-state index is 6.40. The van der Waals surface area contributed by atoms with Crippen molar-refractivity contribution in [2.75, 3.05) is 38.0 Å². The Balaban J connectivity index is 1.50. The molecule has 5 rings (SSSR count). The van der Waals surface area contributed by atoms with Gasteiger partial charge in [0, 0.05) is 24.2 Å². The summed E-state index contributed by atoms with van der Waals surface area (Å²) < 4.78 is 18.1. The lowest BCUT2D eigenvalue weighted by Crippen LogP contribution is -2.36. The van der Waals surface area contributed by atoms with Gasteiger partial charge in [-0.3, -0.25) is 0 Å². The Bertz CT molecular complexity index is 970. The van der Waals surface area contributed by atoms with Gasteiger partial charge in [0.1, 0.15) is 12.1 Å². The van der Waals surface area contributed by atoms with Gasteiger partial charge in [-0.25, -0.2) is 14.6 Å². The van der Waals surface area contributed by atoms with E-state index in [1.165, 1.54) is 0 Å². The van der Waals surface area contributed by atoms with Crippen LogP contribution in [0.4, 0.5) is 5.82 Å². The average Bonchev–Trinajstić information content (AvgIpc) is 3.29. The summed E-state index contributed by atoms with van der Waals surface area (Å²) in [5.41, 5.74) is 1.67. The highest BCUT2D eigenvalue weighted by atomic mass is 35.5. The molecule has 0 unspecified atom stereocenters. The van der Waals surface area contributed by atoms with Crippen molar-refractivity contribution in [2.24, 2.45) is 0 Å². The van der Waals surface area contributed by atoms with Crippen molar-refractivity contribution in [1.29, 1.82) is 0 Å². The minimum atomic E-state index is 0.218. The first-order chi connectivity index (χ1) is 12.8. The average molecular weight is 374 g/mol. The van der Waals surface area contributed by atoms with Crippen LogP contribution in [0.15, 0.2) is 24.7 Å². The number of halogens is 1. The van der Waals surface area contributed by atoms with E-state index >= 15 is 0 Å². The van der Waals surface area contributed by atoms with Gasteiger partial charge in [0.2, 0.25) is 6.79 Å². The molecule has 0 radical (unpaired) electrons. The molecule has 0 atom stereocenters. The predicted octanol–water partition coefficient (Wildman–Crippen LogP) is 2.09. The van der Waals surface area contributed by atoms with Gasteiger partial charge in [-0.1, -0.05) is 11.6 Å². The molecule has 0 aliphatic carbocycles. The fourth-order valence-corrected chi connectivity index (χ4v) is 3.48. The first kappa shape index (κ1) is 15.7. The lowest BCUT2D eigenvalue weighted by atomic mass is 10.2. The number of aromatic nitrogens is 4. The molecule has 9 heteroatoms. The molecule has 2 aromatic heterocycles. The predicted molar refractivity (Wildman–Crippen MR) is 95.0 cm³/mol. The van der Waals surface area contributed by atoms with Crippen LogP contribution in [-0.2, 0) is 11.3 Å². The standard InChI is InChI=1S/C17H16ClN5O3/c18-13-6-15-14(25-10-26-15)5-11(13)8-23-17-12(7-21-23)16(19-9-20-17)22-1-3-24-4-2-22/h5-7,9H,1-4,8,10H2. The van der Waals surface area contributed by atoms with Gasteiger partial charge in [0.05, 0.1) is 31.3 Å². The smallest absolute Gasteiger partial charge is 0.231 e. The summed E-state index contributed by atoms with van der Waals surface area (Å²) in [6, 6.07) is 3.67. The summed E-state index contributed by atoms with van der Waals surface area (Å²) >= 11 is 6.40. The number of benzene rings is 1. The van der Waals surface area contributed by atoms with Gasteiger partial charge in [-0.2, -0.15) is 5.10 Å². The van der Waals surface area contributed by atoms with E-state index in [4.69, 9.17) is 25.8 Å². The Hall–Kier alpha value is -2.58. The highest BCUT2D eigenvalue weighted by Crippen LogP contribution is 2.37. The van der Waals surface area contributed by atoms with Crippen LogP contribution in [0, 0.1) is 0 Å². The quantitative estimate of drug-likeness (QED) is 0.695. The molecular formula is C17H16ClN5O3. The molecule has 1 saturated heterocycles. The fraction of sp³-hybridized carbons (Fsp3) is 0.353. The zero-order valence-corrected chi connectivity index (χ0v) is 14.6. The molecular weight excluding hydrogens is 358 g/mol. The van der Waals surface area contributed by atoms with Crippen LogP contribution in [0.1, 0.15) is 5.56 Å². The van der Waals surface area contributed by atoms with Crippen molar-refractivity contribution in [3.05, 3.63) is 35.2 Å². The lowest BCUT2D eigenvalue weighted by molar-refractivity contribution is 0.122. The second-order valence-electron chi connectivity index (χ2n) is 6.13. The highest BCUT2D eigenvalue weighted by Gasteiger charge is 2.20. The monoisotopic (exact) mass is 373 g/mol. The van der Waals surface area contributed by atoms with Gasteiger partial charge in [-0.15, -0.1) is 0 Å². The van der Waals surface area contributed by atoms with E-state index in [1.807, 2.05) is 10.7 Å². The van der Waals surface area contributed by atoms with Crippen LogP contribution in [0.3, 0.4) is 0 Å². The molecule has 2 aliphatic heterocycles. The normalized spacial score (nSPS) is 16.4. The van der Waals surface area contributed by atoms with E-state index in [1.54, 1.807) is 18.6 Å². The van der Waals surface area contributed by atoms with Gasteiger partial charge in [0.15, 0.2) is 17.1 Å². The van der Waals surface area contributed by atoms with E-state index in [-0.39, 0.29) is 6.79 Å². The molecule has 26 heavy (non-hydrogen) atoms. The first-order valence-corrected chi connectivity index (χ1v) is 8.74. The number of ether oxygens (including phenoxy) is 3. The molecule has 1 aromatic carbocycles. The number of rotatable bonds is 3. The topological polar surface area (TPSA) is 74.5 Å². The zero-order chi connectivity index (χ0) is 17.5. The number of nitrogens with zero attached hydrogens (tertiary/aromatic N) is 5. The molecule has 2 aliphatic rings. The van der Waals surface area contributed by atoms with E-state index < -0.39 is 0 Å². The van der Waals surface area contributed by atoms with Gasteiger partial charge < -0.3 is 19.1 Å². The van der Waals surface area contributed by atoms with Crippen LogP contribution in [0.5, 0.6) is 11.5 Å². The Morgan fingerprint density at radius 1 is 1.08 bits per heavy atom. The van der Waals surface area contributed by atoms with Gasteiger partial charge in [-0.05, 0) is 11.6 Å². The van der Waals surface area contributed by atoms with Crippen molar-refractivity contribution >= 4 is 28.5 Å². The molecule has 3 aromatic rings. The Morgan fingerprint density at radius 3 is 2.73 bits per heavy atom. The molecule has 0 amide bonds. The van der Waals surface area contributed by atoms with E-state index in [2.05, 4.69) is 20.0 Å². The third-order valence-corrected chi connectivity index (χ3v) is 4.94. The number of hydrogen-bond acceptors (Lipinski definition) is 7. The third-order valence-electron chi connectivity index (χ3n) is 4.58. The van der Waals surface area contributed by atoms with Crippen molar-refractivity contribution in [1.82, 2.24) is 19.7 Å². The van der Waals surface area contributed by atoms with E-state index in [0.29, 0.717) is 36.3 Å². The molecule has 134 valence electrons. The van der Waals surface area contributed by atoms with Crippen molar-refractivity contribution in [3.8, 4) is 11.5 Å². The van der Waals surface area contributed by atoms with Crippen molar-refractivity contribution in [3.63, 3.8) is 0 Å². The first-order valence-electron chi connectivity index (χ1n) is 8.37. The zero-order valence-electron chi connectivity index (χ0n) is 13.9. The molecule has 0 N–H and O–H groups in total. The molecule has 4 heterocycles. The summed E-state index contributed by atoms with van der Waals surface area (Å²) in [5.74, 6) is 2.26. The minimum absolute atomic E-state index is 0.218. The van der Waals surface area contributed by atoms with Gasteiger partial charge in [0.25, 0.3) is 0 Å². The molecule has 0 saturated carbocycles. The minimum Gasteiger partial charge on any atom is -0.454 e. The largest absolute Gasteiger partial charge is 0.454 e. The lowest BCUT2D eigenvalue weighted by Gasteiger charge is -2.27. The Labute approximate surface area is 154 Å². The maximum atomic E-state index is 6.40. The van der Waals surface area contributed by atoms with Crippen LogP contribution in [0.2, 0.25) is 5.02 Å². The van der Waals surface area contributed by atoms with Crippen LogP contribution >= 0.6 is 11.6 Å². The third kappa shape index (κ3) is 2.62. The van der Waals surface area contributed by atoms with Crippen LogP contribution in [-0.4, -0.2) is 52.8 Å². The molecule has 0 bridgehead atoms. The summed E-state index contributed by atoms with van der Waals surface area (Å²) in [6.07, 6.45) is 3.38. The summed E-state index contributed by atoms with van der Waals surface area (Å²) in [7, 11) is 0. The molecule has 0 spiro atoms. The van der Waals surface area contributed by atoms with E-state index in [9.17, 15) is 0 Å². The van der Waals surface area contributed by atoms with Crippen molar-refractivity contribution < 1.29 is 14.2 Å². The number of hydrogen-bond donors (Lipinski definition) is 0. The Kier molecular flexibility index (Phi) is 3.79. The van der Waals surface area contributed by atoms with E-state index in [0.717, 1.165) is 35.5 Å². The second kappa shape index (κ2) is 6.30. The van der Waals surface area contributed by atoms with Gasteiger partial charge >= 0.3 is 0 Å². The fourth-order valence-electron chi connectivity index (χ4n) is 3.27. The SMILES string of the molecule is Clc1cc2c(cc1Cn1ncc3c(N4CCOCC4)ncnc31)OCO2. The van der Waals surface area contributed by atoms with Crippen molar-refractivity contribution in [2.45, 2.75) is 6.54 Å². The summed E-state index contributed by atoms with van der Waals surface area (Å²) in [5, 5.41) is 6.04. The summed E-state index contributed by atoms with van der Waals surface area (Å²) in [6.45, 7) is 3.73. The molecule has 1 fully saturated rings. The van der Waals surface area contributed by atoms with Crippen LogP contribution < -0.4 is 14.4 Å². The highest BCUT2D eigenvalue weighted by molar-refractivity contribution is 6.31. The number of fused-ring (bicyclic) bond motifs is 2.